The van der Waals surface area contributed by atoms with Crippen molar-refractivity contribution in [1.82, 2.24) is 0 Å². The predicted molar refractivity (Wildman–Crippen MR) is 125 cm³/mol. The first kappa shape index (κ1) is 16.8. The van der Waals surface area contributed by atoms with Gasteiger partial charge in [0.05, 0.1) is 0 Å². The normalized spacial score (nSPS) is 19.8. The average Bonchev–Trinajstić information content (AvgIpc) is 3.39. The zero-order chi connectivity index (χ0) is 19.6. The van der Waals surface area contributed by atoms with Crippen LogP contribution in [0.15, 0.2) is 84.9 Å². The van der Waals surface area contributed by atoms with E-state index in [4.69, 9.17) is 0 Å². The molecule has 0 saturated heterocycles. The molecule has 0 bridgehead atoms. The molecule has 6 rings (SSSR count). The third-order valence-corrected chi connectivity index (χ3v) is 7.17. The first-order valence-corrected chi connectivity index (χ1v) is 10.5. The van der Waals surface area contributed by atoms with Gasteiger partial charge in [-0.15, -0.1) is 0 Å². The molecule has 2 aliphatic carbocycles. The maximum atomic E-state index is 2.45. The lowest BCUT2D eigenvalue weighted by molar-refractivity contribution is 0.294. The second-order valence-electron chi connectivity index (χ2n) is 9.07. The molecular weight excluding hydrogens is 348 g/mol. The number of rotatable bonds is 2. The molecule has 0 spiro atoms. The molecule has 29 heavy (non-hydrogen) atoms. The molecule has 2 atom stereocenters. The van der Waals surface area contributed by atoms with Crippen molar-refractivity contribution in [3.63, 3.8) is 0 Å². The van der Waals surface area contributed by atoms with Crippen molar-refractivity contribution >= 4 is 33.7 Å². The van der Waals surface area contributed by atoms with Gasteiger partial charge in [-0.05, 0) is 49.2 Å². The van der Waals surface area contributed by atoms with Gasteiger partial charge in [0, 0.05) is 11.8 Å². The number of fused-ring (bicyclic) bond motifs is 6. The van der Waals surface area contributed by atoms with Crippen molar-refractivity contribution in [2.75, 3.05) is 0 Å². The van der Waals surface area contributed by atoms with Crippen molar-refractivity contribution in [1.29, 1.82) is 0 Å². The molecule has 0 aliphatic heterocycles. The Morgan fingerprint density at radius 2 is 1.00 bits per heavy atom. The Labute approximate surface area is 172 Å². The van der Waals surface area contributed by atoms with E-state index in [-0.39, 0.29) is 5.41 Å². The summed E-state index contributed by atoms with van der Waals surface area (Å²) in [7, 11) is 0. The van der Waals surface area contributed by atoms with Crippen LogP contribution in [-0.2, 0) is 0 Å². The maximum absolute atomic E-state index is 2.45. The van der Waals surface area contributed by atoms with Crippen molar-refractivity contribution in [2.24, 2.45) is 5.41 Å². The number of hydrogen-bond acceptors (Lipinski definition) is 0. The molecule has 4 aromatic carbocycles. The van der Waals surface area contributed by atoms with Gasteiger partial charge in [-0.3, -0.25) is 0 Å². The van der Waals surface area contributed by atoms with Gasteiger partial charge in [0.25, 0.3) is 0 Å². The summed E-state index contributed by atoms with van der Waals surface area (Å²) in [6.07, 6.45) is 9.54. The molecule has 0 aromatic heterocycles. The van der Waals surface area contributed by atoms with Gasteiger partial charge in [0.15, 0.2) is 0 Å². The summed E-state index contributed by atoms with van der Waals surface area (Å²) in [5.41, 5.74) is 5.81. The minimum absolute atomic E-state index is 0.0672. The van der Waals surface area contributed by atoms with Gasteiger partial charge < -0.3 is 0 Å². The van der Waals surface area contributed by atoms with E-state index in [1.807, 2.05) is 0 Å². The predicted octanol–water partition coefficient (Wildman–Crippen LogP) is 7.94. The minimum atomic E-state index is 0.0672. The van der Waals surface area contributed by atoms with E-state index in [1.165, 1.54) is 43.8 Å². The largest absolute Gasteiger partial charge is 0.0758 e. The quantitative estimate of drug-likeness (QED) is 0.335. The van der Waals surface area contributed by atoms with E-state index in [9.17, 15) is 0 Å². The van der Waals surface area contributed by atoms with Crippen molar-refractivity contribution in [3.05, 3.63) is 107 Å². The molecule has 0 heterocycles. The minimum Gasteiger partial charge on any atom is -0.0758 e. The van der Waals surface area contributed by atoms with E-state index in [0.29, 0.717) is 11.8 Å². The van der Waals surface area contributed by atoms with Crippen LogP contribution >= 0.6 is 0 Å². The zero-order valence-electron chi connectivity index (χ0n) is 16.9. The standard InChI is InChI=1S/C29H24/c1-29(2,25-17-15-21-13-11-19-7-3-5-9-23(19)27(21)25)26-18-16-22-14-12-20-8-4-6-10-24(20)28(22)26/h3-18,25-26H,1-2H3. The molecule has 4 aromatic rings. The van der Waals surface area contributed by atoms with Crippen molar-refractivity contribution in [3.8, 4) is 0 Å². The summed E-state index contributed by atoms with van der Waals surface area (Å²) in [6, 6.07) is 26.8. The smallest absolute Gasteiger partial charge is 0.00934 e. The maximum Gasteiger partial charge on any atom is 0.00934 e. The molecule has 0 amide bonds. The monoisotopic (exact) mass is 372 g/mol. The van der Waals surface area contributed by atoms with Crippen molar-refractivity contribution < 1.29 is 0 Å². The highest BCUT2D eigenvalue weighted by atomic mass is 14.4. The summed E-state index contributed by atoms with van der Waals surface area (Å²) < 4.78 is 0. The van der Waals surface area contributed by atoms with Gasteiger partial charge in [-0.1, -0.05) is 111 Å². The Morgan fingerprint density at radius 3 is 1.48 bits per heavy atom. The Bertz CT molecular complexity index is 1230. The van der Waals surface area contributed by atoms with Crippen LogP contribution in [0.2, 0.25) is 0 Å². The number of benzene rings is 4. The lowest BCUT2D eigenvalue weighted by Crippen LogP contribution is -2.27. The molecular formula is C29H24. The third-order valence-electron chi connectivity index (χ3n) is 7.17. The molecule has 0 saturated carbocycles. The Hall–Kier alpha value is -3.12. The highest BCUT2D eigenvalue weighted by molar-refractivity contribution is 5.93. The topological polar surface area (TPSA) is 0 Å². The summed E-state index contributed by atoms with van der Waals surface area (Å²) in [5, 5.41) is 5.47. The molecule has 140 valence electrons. The Balaban J connectivity index is 1.54. The lowest BCUT2D eigenvalue weighted by atomic mass is 9.65. The first-order chi connectivity index (χ1) is 14.1. The first-order valence-electron chi connectivity index (χ1n) is 10.5. The molecule has 0 fully saturated rings. The van der Waals surface area contributed by atoms with E-state index < -0.39 is 0 Å². The van der Waals surface area contributed by atoms with Crippen LogP contribution in [0.5, 0.6) is 0 Å². The highest BCUT2D eigenvalue weighted by Crippen LogP contribution is 2.55. The van der Waals surface area contributed by atoms with Gasteiger partial charge in [-0.25, -0.2) is 0 Å². The van der Waals surface area contributed by atoms with Crippen LogP contribution < -0.4 is 0 Å². The van der Waals surface area contributed by atoms with Crippen molar-refractivity contribution in [2.45, 2.75) is 25.7 Å². The Kier molecular flexibility index (Phi) is 3.44. The fraction of sp³-hybridized carbons (Fsp3) is 0.172. The second-order valence-corrected chi connectivity index (χ2v) is 9.07. The molecule has 0 nitrogen and oxygen atoms in total. The van der Waals surface area contributed by atoms with Crippen LogP contribution in [0.4, 0.5) is 0 Å². The average molecular weight is 373 g/mol. The lowest BCUT2D eigenvalue weighted by Gasteiger charge is -2.38. The van der Waals surface area contributed by atoms with Crippen LogP contribution in [0.1, 0.15) is 47.9 Å². The molecule has 0 heteroatoms. The van der Waals surface area contributed by atoms with Crippen LogP contribution in [-0.4, -0.2) is 0 Å². The summed E-state index contributed by atoms with van der Waals surface area (Å²) in [6.45, 7) is 4.90. The van der Waals surface area contributed by atoms with Crippen LogP contribution in [0.25, 0.3) is 33.7 Å². The highest BCUT2D eigenvalue weighted by Gasteiger charge is 2.42. The summed E-state index contributed by atoms with van der Waals surface area (Å²) >= 11 is 0. The van der Waals surface area contributed by atoms with Crippen LogP contribution in [0.3, 0.4) is 0 Å². The van der Waals surface area contributed by atoms with Crippen LogP contribution in [0, 0.1) is 5.41 Å². The van der Waals surface area contributed by atoms with Gasteiger partial charge in [0.1, 0.15) is 0 Å². The SMILES string of the molecule is CC(C)(C1C=Cc2ccc3ccccc3c21)C1C=Cc2ccc3ccccc3c21. The van der Waals surface area contributed by atoms with E-state index in [0.717, 1.165) is 0 Å². The number of hydrogen-bond donors (Lipinski definition) is 0. The zero-order valence-corrected chi connectivity index (χ0v) is 16.9. The molecule has 2 aliphatic rings. The van der Waals surface area contributed by atoms with Gasteiger partial charge in [-0.2, -0.15) is 0 Å². The third kappa shape index (κ3) is 2.32. The van der Waals surface area contributed by atoms with Gasteiger partial charge >= 0.3 is 0 Å². The second kappa shape index (κ2) is 5.94. The van der Waals surface area contributed by atoms with E-state index in [2.05, 4.69) is 111 Å². The summed E-state index contributed by atoms with van der Waals surface area (Å²) in [4.78, 5) is 0. The molecule has 0 radical (unpaired) electrons. The van der Waals surface area contributed by atoms with E-state index >= 15 is 0 Å². The van der Waals surface area contributed by atoms with Gasteiger partial charge in [0.2, 0.25) is 0 Å². The fourth-order valence-corrected chi connectivity index (χ4v) is 5.64. The molecule has 2 unspecified atom stereocenters. The summed E-state index contributed by atoms with van der Waals surface area (Å²) in [5.74, 6) is 0.784. The van der Waals surface area contributed by atoms with E-state index in [1.54, 1.807) is 0 Å². The Morgan fingerprint density at radius 1 is 0.552 bits per heavy atom. The molecule has 0 N–H and O–H groups in total. The fourth-order valence-electron chi connectivity index (χ4n) is 5.64. The number of allylic oxidation sites excluding steroid dienone is 2.